The highest BCUT2D eigenvalue weighted by Crippen LogP contribution is 2.40. The number of nitrogens with zero attached hydrogens (tertiary/aromatic N) is 1. The van der Waals surface area contributed by atoms with Crippen LogP contribution in [-0.2, 0) is 35.0 Å². The first-order chi connectivity index (χ1) is 21.8. The van der Waals surface area contributed by atoms with Crippen molar-refractivity contribution in [3.63, 3.8) is 0 Å². The fraction of sp³-hybridized carbons (Fsp3) is 0.471. The number of aryl methyl sites for hydroxylation is 1. The van der Waals surface area contributed by atoms with Crippen LogP contribution in [0, 0.1) is 10.1 Å². The van der Waals surface area contributed by atoms with Crippen LogP contribution in [0.3, 0.4) is 0 Å². The van der Waals surface area contributed by atoms with E-state index in [1.165, 1.54) is 37.3 Å². The maximum Gasteiger partial charge on any atom is 0.336 e. The van der Waals surface area contributed by atoms with Gasteiger partial charge in [0, 0.05) is 43.2 Å². The second-order valence-electron chi connectivity index (χ2n) is 11.1. The number of benzene rings is 2. The lowest BCUT2D eigenvalue weighted by molar-refractivity contribution is -0.384. The zero-order chi connectivity index (χ0) is 32.2. The summed E-state index contributed by atoms with van der Waals surface area (Å²) in [5, 5.41) is 14.5. The van der Waals surface area contributed by atoms with Crippen molar-refractivity contribution in [2.24, 2.45) is 0 Å². The first-order valence-corrected chi connectivity index (χ1v) is 15.4. The molecule has 2 unspecified atom stereocenters. The monoisotopic (exact) mass is 622 g/mol. The second kappa shape index (κ2) is 16.7. The van der Waals surface area contributed by atoms with E-state index in [1.807, 2.05) is 24.3 Å². The highest BCUT2D eigenvalue weighted by Gasteiger charge is 2.38. The lowest BCUT2D eigenvalue weighted by atomic mass is 9.80. The quantitative estimate of drug-likeness (QED) is 0.111. The molecule has 0 radical (unpaired) electrons. The minimum Gasteiger partial charge on any atom is -0.493 e. The van der Waals surface area contributed by atoms with Crippen molar-refractivity contribution in [3.05, 3.63) is 92.3 Å². The number of non-ortho nitro benzene ring substituents is 1. The van der Waals surface area contributed by atoms with Gasteiger partial charge in [-0.1, -0.05) is 24.3 Å². The molecule has 11 heteroatoms. The van der Waals surface area contributed by atoms with Crippen LogP contribution in [0.2, 0.25) is 0 Å². The van der Waals surface area contributed by atoms with E-state index >= 15 is 0 Å². The molecule has 0 saturated carbocycles. The Morgan fingerprint density at radius 1 is 0.956 bits per heavy atom. The topological polar surface area (TPSA) is 135 Å². The number of methoxy groups -OCH3 is 1. The van der Waals surface area contributed by atoms with Gasteiger partial charge in [0.1, 0.15) is 5.75 Å². The second-order valence-corrected chi connectivity index (χ2v) is 11.1. The molecule has 242 valence electrons. The first-order valence-electron chi connectivity index (χ1n) is 15.4. The van der Waals surface area contributed by atoms with E-state index in [4.69, 9.17) is 23.7 Å². The average Bonchev–Trinajstić information content (AvgIpc) is 3.04. The third-order valence-electron chi connectivity index (χ3n) is 7.82. The van der Waals surface area contributed by atoms with E-state index in [0.29, 0.717) is 36.6 Å². The van der Waals surface area contributed by atoms with Gasteiger partial charge >= 0.3 is 11.9 Å². The summed E-state index contributed by atoms with van der Waals surface area (Å²) >= 11 is 0. The molecule has 2 atom stereocenters. The number of dihydropyridines is 1. The first kappa shape index (κ1) is 33.7. The number of carbonyl (C=O) groups is 2. The molecule has 1 saturated heterocycles. The van der Waals surface area contributed by atoms with E-state index in [1.54, 1.807) is 19.9 Å². The number of hydrogen-bond donors (Lipinski definition) is 1. The van der Waals surface area contributed by atoms with Crippen LogP contribution in [0.25, 0.3) is 0 Å². The van der Waals surface area contributed by atoms with Gasteiger partial charge in [-0.15, -0.1) is 0 Å². The van der Waals surface area contributed by atoms with Crippen LogP contribution in [0.5, 0.6) is 5.75 Å². The number of rotatable bonds is 15. The predicted molar refractivity (Wildman–Crippen MR) is 166 cm³/mol. The van der Waals surface area contributed by atoms with Gasteiger partial charge in [-0.25, -0.2) is 9.59 Å². The van der Waals surface area contributed by atoms with Crippen molar-refractivity contribution in [1.29, 1.82) is 0 Å². The number of ether oxygens (including phenoxy) is 5. The Balaban J connectivity index is 1.26. The van der Waals surface area contributed by atoms with Crippen molar-refractivity contribution < 1.29 is 38.2 Å². The molecule has 0 bridgehead atoms. The SMILES string of the molecule is COC(=O)C1=C(C)NC(C)=C(C(=O)OCCCOc2ccc(CCCCOC3CCCCO3)cc2)C1c1cccc([N+](=O)[O-])c1. The largest absolute Gasteiger partial charge is 0.493 e. The van der Waals surface area contributed by atoms with Gasteiger partial charge < -0.3 is 29.0 Å². The van der Waals surface area contributed by atoms with Crippen LogP contribution in [0.4, 0.5) is 5.69 Å². The third-order valence-corrected chi connectivity index (χ3v) is 7.82. The van der Waals surface area contributed by atoms with Gasteiger partial charge in [0.15, 0.2) is 6.29 Å². The zero-order valence-electron chi connectivity index (χ0n) is 26.2. The standard InChI is InChI=1S/C34H42N2O9/c1-23-30(33(37)41-3)32(26-11-8-12-27(22-26)36(39)40)31(24(2)35-23)34(38)45-21-9-20-42-28-16-14-25(15-17-28)10-4-6-18-43-29-13-5-7-19-44-29/h8,11-12,14-17,22,29,32,35H,4-7,9-10,13,18-21H2,1-3H3. The van der Waals surface area contributed by atoms with E-state index in [9.17, 15) is 19.7 Å². The van der Waals surface area contributed by atoms with Crippen LogP contribution in [-0.4, -0.2) is 56.7 Å². The maximum atomic E-state index is 13.4. The van der Waals surface area contributed by atoms with Gasteiger partial charge in [0.2, 0.25) is 0 Å². The molecule has 2 aliphatic heterocycles. The van der Waals surface area contributed by atoms with Crippen LogP contribution >= 0.6 is 0 Å². The van der Waals surface area contributed by atoms with Crippen LogP contribution in [0.1, 0.15) is 69.4 Å². The third kappa shape index (κ3) is 9.39. The Bertz CT molecular complexity index is 1390. The number of allylic oxidation sites excluding steroid dienone is 2. The van der Waals surface area contributed by atoms with Crippen molar-refractivity contribution in [2.75, 3.05) is 33.5 Å². The van der Waals surface area contributed by atoms with Gasteiger partial charge in [0.25, 0.3) is 5.69 Å². The van der Waals surface area contributed by atoms with Gasteiger partial charge in [-0.05, 0) is 75.6 Å². The Labute approximate surface area is 263 Å². The lowest BCUT2D eigenvalue weighted by Crippen LogP contribution is -2.32. The Morgan fingerprint density at radius 2 is 1.71 bits per heavy atom. The molecule has 1 fully saturated rings. The van der Waals surface area contributed by atoms with Crippen molar-refractivity contribution >= 4 is 17.6 Å². The maximum absolute atomic E-state index is 13.4. The number of unbranched alkanes of at least 4 members (excludes halogenated alkanes) is 1. The summed E-state index contributed by atoms with van der Waals surface area (Å²) in [5.41, 5.74) is 2.83. The van der Waals surface area contributed by atoms with Crippen LogP contribution in [0.15, 0.2) is 71.1 Å². The molecule has 11 nitrogen and oxygen atoms in total. The summed E-state index contributed by atoms with van der Waals surface area (Å²) in [6.45, 7) is 5.31. The highest BCUT2D eigenvalue weighted by molar-refractivity contribution is 5.99. The minimum atomic E-state index is -0.903. The summed E-state index contributed by atoms with van der Waals surface area (Å²) in [6, 6.07) is 13.8. The fourth-order valence-corrected chi connectivity index (χ4v) is 5.53. The zero-order valence-corrected chi connectivity index (χ0v) is 26.2. The van der Waals surface area contributed by atoms with Crippen molar-refractivity contribution in [1.82, 2.24) is 5.32 Å². The molecule has 2 aliphatic rings. The van der Waals surface area contributed by atoms with Gasteiger partial charge in [0.05, 0.1) is 42.3 Å². The average molecular weight is 623 g/mol. The molecular formula is C34H42N2O9. The number of carbonyl (C=O) groups excluding carboxylic acids is 2. The molecule has 0 aromatic heterocycles. The molecule has 0 amide bonds. The Morgan fingerprint density at radius 3 is 2.40 bits per heavy atom. The summed E-state index contributed by atoms with van der Waals surface area (Å²) in [4.78, 5) is 37.1. The van der Waals surface area contributed by atoms with Gasteiger partial charge in [-0.2, -0.15) is 0 Å². The van der Waals surface area contributed by atoms with Gasteiger partial charge in [-0.3, -0.25) is 10.1 Å². The summed E-state index contributed by atoms with van der Waals surface area (Å²) in [7, 11) is 1.24. The van der Waals surface area contributed by atoms with Crippen LogP contribution < -0.4 is 10.1 Å². The van der Waals surface area contributed by atoms with E-state index < -0.39 is 22.8 Å². The number of nitro groups is 1. The molecule has 1 N–H and O–H groups in total. The van der Waals surface area contributed by atoms with E-state index in [-0.39, 0.29) is 29.7 Å². The predicted octanol–water partition coefficient (Wildman–Crippen LogP) is 5.88. The molecule has 45 heavy (non-hydrogen) atoms. The molecule has 2 aromatic carbocycles. The Hall–Kier alpha value is -4.22. The van der Waals surface area contributed by atoms with Crippen molar-refractivity contribution in [2.45, 2.75) is 71.0 Å². The highest BCUT2D eigenvalue weighted by atomic mass is 16.7. The number of nitrogens with one attached hydrogen (secondary N) is 1. The normalized spacial score (nSPS) is 18.3. The molecule has 0 spiro atoms. The Kier molecular flexibility index (Phi) is 12.5. The fourth-order valence-electron chi connectivity index (χ4n) is 5.53. The summed E-state index contributed by atoms with van der Waals surface area (Å²) in [6.07, 6.45) is 6.64. The molecular weight excluding hydrogens is 580 g/mol. The smallest absolute Gasteiger partial charge is 0.336 e. The van der Waals surface area contributed by atoms with Crippen molar-refractivity contribution in [3.8, 4) is 5.75 Å². The minimum absolute atomic E-state index is 0.0394. The number of hydrogen-bond acceptors (Lipinski definition) is 10. The number of esters is 2. The molecule has 4 rings (SSSR count). The lowest BCUT2D eigenvalue weighted by Gasteiger charge is -2.30. The number of nitro benzene ring substituents is 1. The summed E-state index contributed by atoms with van der Waals surface area (Å²) in [5.74, 6) is -1.45. The van der Waals surface area contributed by atoms with E-state index in [2.05, 4.69) is 5.32 Å². The molecule has 2 aromatic rings. The summed E-state index contributed by atoms with van der Waals surface area (Å²) < 4.78 is 27.8. The molecule has 2 heterocycles. The molecule has 0 aliphatic carbocycles. The van der Waals surface area contributed by atoms with E-state index in [0.717, 1.165) is 44.5 Å².